The lowest BCUT2D eigenvalue weighted by atomic mass is 10.2. The Balaban J connectivity index is 0.000000156. The Kier molecular flexibility index (Phi) is 7.81. The fourth-order valence-electron chi connectivity index (χ4n) is 3.81. The van der Waals surface area contributed by atoms with E-state index in [1.54, 1.807) is 19.5 Å². The van der Waals surface area contributed by atoms with Crippen molar-refractivity contribution >= 4 is 56.9 Å². The molecule has 0 amide bonds. The van der Waals surface area contributed by atoms with Crippen LogP contribution < -0.4 is 15.4 Å². The molecule has 0 aliphatic heterocycles. The number of halogens is 2. The number of para-hydroxylation sites is 1. The molecule has 0 aliphatic rings. The number of pyridine rings is 1. The summed E-state index contributed by atoms with van der Waals surface area (Å²) in [7, 11) is 1.66. The molecule has 38 heavy (non-hydrogen) atoms. The van der Waals surface area contributed by atoms with Crippen LogP contribution >= 0.6 is 23.2 Å². The fourth-order valence-corrected chi connectivity index (χ4v) is 4.15. The Morgan fingerprint density at radius 3 is 1.92 bits per heavy atom. The predicted octanol–water partition coefficient (Wildman–Crippen LogP) is 5.85. The maximum Gasteiger partial charge on any atom is 0.226 e. The van der Waals surface area contributed by atoms with Gasteiger partial charge in [-0.15, -0.1) is 0 Å². The van der Waals surface area contributed by atoms with Crippen LogP contribution in [0, 0.1) is 0 Å². The number of hydrogen-bond acceptors (Lipinski definition) is 8. The molecule has 1 aromatic carbocycles. The quantitative estimate of drug-likeness (QED) is 0.183. The van der Waals surface area contributed by atoms with Crippen molar-refractivity contribution in [2.45, 2.75) is 13.1 Å². The van der Waals surface area contributed by atoms with Crippen molar-refractivity contribution < 1.29 is 4.74 Å². The van der Waals surface area contributed by atoms with Gasteiger partial charge in [-0.2, -0.15) is 9.97 Å². The Labute approximate surface area is 227 Å². The molecule has 5 aromatic heterocycles. The number of fused-ring (bicyclic) bond motifs is 2. The van der Waals surface area contributed by atoms with Crippen molar-refractivity contribution in [3.8, 4) is 5.75 Å². The van der Waals surface area contributed by atoms with E-state index in [1.165, 1.54) is 0 Å². The summed E-state index contributed by atoms with van der Waals surface area (Å²) in [6.45, 7) is 1.26. The molecule has 6 rings (SSSR count). The monoisotopic (exact) mass is 547 g/mol. The van der Waals surface area contributed by atoms with Gasteiger partial charge in [0.15, 0.2) is 0 Å². The van der Waals surface area contributed by atoms with Crippen LogP contribution in [0.2, 0.25) is 10.6 Å². The largest absolute Gasteiger partial charge is 0.496 e. The second kappa shape index (κ2) is 11.8. The summed E-state index contributed by atoms with van der Waals surface area (Å²) in [6.07, 6.45) is 7.14. The summed E-state index contributed by atoms with van der Waals surface area (Å²) >= 11 is 11.8. The van der Waals surface area contributed by atoms with Crippen molar-refractivity contribution in [2.24, 2.45) is 0 Å². The number of H-pyrrole nitrogens is 2. The van der Waals surface area contributed by atoms with Gasteiger partial charge in [-0.25, -0.2) is 9.97 Å². The van der Waals surface area contributed by atoms with Crippen LogP contribution in [0.25, 0.3) is 22.1 Å². The first-order chi connectivity index (χ1) is 18.6. The van der Waals surface area contributed by atoms with Crippen LogP contribution in [0.5, 0.6) is 5.75 Å². The van der Waals surface area contributed by atoms with Crippen molar-refractivity contribution in [1.29, 1.82) is 0 Å². The average Bonchev–Trinajstić information content (AvgIpc) is 3.61. The summed E-state index contributed by atoms with van der Waals surface area (Å²) in [6, 6.07) is 15.6. The summed E-state index contributed by atoms with van der Waals surface area (Å²) < 4.78 is 5.32. The van der Waals surface area contributed by atoms with Crippen LogP contribution in [0.15, 0.2) is 73.3 Å². The third-order valence-corrected chi connectivity index (χ3v) is 5.96. The molecule has 0 atom stereocenters. The number of aromatic amines is 2. The van der Waals surface area contributed by atoms with Crippen LogP contribution in [-0.4, -0.2) is 42.0 Å². The zero-order chi connectivity index (χ0) is 26.3. The Bertz CT molecular complexity index is 1650. The second-order valence-electron chi connectivity index (χ2n) is 8.04. The van der Waals surface area contributed by atoms with Gasteiger partial charge in [-0.05, 0) is 59.1 Å². The predicted molar refractivity (Wildman–Crippen MR) is 150 cm³/mol. The van der Waals surface area contributed by atoms with E-state index in [9.17, 15) is 0 Å². The van der Waals surface area contributed by atoms with E-state index in [1.807, 2.05) is 60.9 Å². The van der Waals surface area contributed by atoms with Gasteiger partial charge in [-0.3, -0.25) is 4.98 Å². The molecule has 0 radical (unpaired) electrons. The molecule has 4 N–H and O–H groups in total. The van der Waals surface area contributed by atoms with Crippen molar-refractivity contribution in [3.05, 3.63) is 95.0 Å². The first-order valence-electron chi connectivity index (χ1n) is 11.6. The molecule has 10 nitrogen and oxygen atoms in total. The van der Waals surface area contributed by atoms with Crippen LogP contribution in [0.3, 0.4) is 0 Å². The molecule has 192 valence electrons. The highest BCUT2D eigenvalue weighted by atomic mass is 35.5. The van der Waals surface area contributed by atoms with Gasteiger partial charge in [0.25, 0.3) is 0 Å². The fraction of sp³-hybridized carbons (Fsp3) is 0.115. The molecule has 0 fully saturated rings. The maximum atomic E-state index is 5.91. The normalized spacial score (nSPS) is 10.7. The Hall–Kier alpha value is -4.41. The summed E-state index contributed by atoms with van der Waals surface area (Å²) in [5, 5.41) is 8.78. The summed E-state index contributed by atoms with van der Waals surface area (Å²) in [4.78, 5) is 26.7. The minimum atomic E-state index is 0.211. The van der Waals surface area contributed by atoms with Crippen LogP contribution in [0.1, 0.15) is 11.1 Å². The number of aromatic nitrogens is 7. The number of anilines is 2. The van der Waals surface area contributed by atoms with Gasteiger partial charge in [0.2, 0.25) is 10.6 Å². The van der Waals surface area contributed by atoms with Gasteiger partial charge in [0.05, 0.1) is 17.9 Å². The molecule has 0 aliphatic carbocycles. The highest BCUT2D eigenvalue weighted by Gasteiger charge is 2.09. The van der Waals surface area contributed by atoms with Crippen molar-refractivity contribution in [2.75, 3.05) is 17.7 Å². The smallest absolute Gasteiger partial charge is 0.226 e. The maximum absolute atomic E-state index is 5.91. The molecule has 6 aromatic rings. The number of nitrogens with zero attached hydrogens (tertiary/aromatic N) is 5. The van der Waals surface area contributed by atoms with E-state index in [0.29, 0.717) is 24.6 Å². The number of nitrogens with one attached hydrogen (secondary N) is 4. The highest BCUT2D eigenvalue weighted by molar-refractivity contribution is 6.29. The minimum Gasteiger partial charge on any atom is -0.496 e. The minimum absolute atomic E-state index is 0.211. The molecule has 0 unspecified atom stereocenters. The highest BCUT2D eigenvalue weighted by Crippen LogP contribution is 2.24. The number of rotatable bonds is 7. The lowest BCUT2D eigenvalue weighted by Crippen LogP contribution is -2.04. The lowest BCUT2D eigenvalue weighted by Gasteiger charge is -2.10. The molecule has 0 spiro atoms. The Morgan fingerprint density at radius 1 is 0.737 bits per heavy atom. The van der Waals surface area contributed by atoms with Crippen LogP contribution in [0.4, 0.5) is 11.6 Å². The van der Waals surface area contributed by atoms with E-state index in [-0.39, 0.29) is 10.6 Å². The first kappa shape index (κ1) is 25.2. The molecular formula is C26H23Cl2N9O. The topological polar surface area (TPSA) is 129 Å². The third-order valence-electron chi connectivity index (χ3n) is 5.62. The first-order valence-corrected chi connectivity index (χ1v) is 12.4. The Morgan fingerprint density at radius 2 is 1.32 bits per heavy atom. The average molecular weight is 548 g/mol. The standard InChI is InChI=1S/C14H13ClN4O.C12H10ClN5/c1-20-11-5-3-2-4-9(11)8-17-13-10-6-7-16-12(10)18-14(15)19-13;13-12-17-10-9(3-6-15-10)11(18-12)16-7-8-1-4-14-5-2-8/h2-7H,8H2,1H3,(H2,16,17,18,19);1-6H,7H2,(H2,15,16,17,18). The van der Waals surface area contributed by atoms with E-state index in [0.717, 1.165) is 39.1 Å². The van der Waals surface area contributed by atoms with Gasteiger partial charge in [0, 0.05) is 43.4 Å². The van der Waals surface area contributed by atoms with Crippen molar-refractivity contribution in [1.82, 2.24) is 34.9 Å². The van der Waals surface area contributed by atoms with Crippen LogP contribution in [-0.2, 0) is 13.1 Å². The lowest BCUT2D eigenvalue weighted by molar-refractivity contribution is 0.410. The summed E-state index contributed by atoms with van der Waals surface area (Å²) in [5.74, 6) is 2.26. The molecule has 0 saturated carbocycles. The zero-order valence-electron chi connectivity index (χ0n) is 20.2. The molecule has 12 heteroatoms. The van der Waals surface area contributed by atoms with E-state index < -0.39 is 0 Å². The SMILES string of the molecule is COc1ccccc1CNc1nc(Cl)nc2[nH]ccc12.Clc1nc(NCc2ccncc2)c2cc[nH]c2n1. The molecular weight excluding hydrogens is 525 g/mol. The molecule has 0 saturated heterocycles. The van der Waals surface area contributed by atoms with Gasteiger partial charge >= 0.3 is 0 Å². The van der Waals surface area contributed by atoms with E-state index in [4.69, 9.17) is 27.9 Å². The number of benzene rings is 1. The second-order valence-corrected chi connectivity index (χ2v) is 8.71. The van der Waals surface area contributed by atoms with E-state index in [2.05, 4.69) is 45.5 Å². The van der Waals surface area contributed by atoms with Gasteiger partial charge in [0.1, 0.15) is 28.7 Å². The number of methoxy groups -OCH3 is 1. The third kappa shape index (κ3) is 5.93. The molecule has 0 bridgehead atoms. The summed E-state index contributed by atoms with van der Waals surface area (Å²) in [5.41, 5.74) is 3.62. The van der Waals surface area contributed by atoms with Gasteiger partial charge < -0.3 is 25.3 Å². The number of ether oxygens (including phenoxy) is 1. The van der Waals surface area contributed by atoms with Crippen molar-refractivity contribution in [3.63, 3.8) is 0 Å². The molecule has 5 heterocycles. The van der Waals surface area contributed by atoms with Gasteiger partial charge in [-0.1, -0.05) is 18.2 Å². The zero-order valence-corrected chi connectivity index (χ0v) is 21.8. The van der Waals surface area contributed by atoms with E-state index >= 15 is 0 Å². The number of hydrogen-bond donors (Lipinski definition) is 4.